The molecule has 156 valence electrons. The van der Waals surface area contributed by atoms with E-state index in [-0.39, 0.29) is 11.8 Å². The molecule has 3 aromatic rings. The van der Waals surface area contributed by atoms with Crippen LogP contribution in [-0.2, 0) is 11.3 Å². The standard InChI is InChI=1S/C22H22Cl2N4O2/c1-14-4-2-3-5-17(14)21-26-20(30-27-21)13-28-10-8-15(9-11-28)22(29)25-19-7-6-16(23)12-18(19)24/h2-7,12,15H,8-11,13H2,1H3,(H,25,29). The Hall–Kier alpha value is -2.41. The first-order valence-corrected chi connectivity index (χ1v) is 10.6. The van der Waals surface area contributed by atoms with Gasteiger partial charge in [0.1, 0.15) is 0 Å². The number of hydrogen-bond acceptors (Lipinski definition) is 5. The van der Waals surface area contributed by atoms with Crippen LogP contribution in [0.15, 0.2) is 47.0 Å². The summed E-state index contributed by atoms with van der Waals surface area (Å²) >= 11 is 12.1. The minimum Gasteiger partial charge on any atom is -0.338 e. The van der Waals surface area contributed by atoms with Crippen LogP contribution in [-0.4, -0.2) is 34.0 Å². The molecule has 30 heavy (non-hydrogen) atoms. The number of halogens is 2. The molecule has 0 saturated carbocycles. The van der Waals surface area contributed by atoms with E-state index in [2.05, 4.69) is 20.4 Å². The van der Waals surface area contributed by atoms with Gasteiger partial charge < -0.3 is 9.84 Å². The predicted molar refractivity (Wildman–Crippen MR) is 118 cm³/mol. The van der Waals surface area contributed by atoms with Crippen LogP contribution in [0.1, 0.15) is 24.3 Å². The molecular weight excluding hydrogens is 423 g/mol. The fourth-order valence-corrected chi connectivity index (χ4v) is 4.08. The molecule has 4 rings (SSSR count). The van der Waals surface area contributed by atoms with Crippen LogP contribution in [0.4, 0.5) is 5.69 Å². The van der Waals surface area contributed by atoms with E-state index in [0.717, 1.165) is 37.1 Å². The number of amides is 1. The molecule has 8 heteroatoms. The lowest BCUT2D eigenvalue weighted by atomic mass is 9.96. The van der Waals surface area contributed by atoms with Gasteiger partial charge in [-0.3, -0.25) is 9.69 Å². The summed E-state index contributed by atoms with van der Waals surface area (Å²) in [4.78, 5) is 19.4. The molecular formula is C22H22Cl2N4O2. The van der Waals surface area contributed by atoms with Crippen molar-refractivity contribution in [2.45, 2.75) is 26.3 Å². The summed E-state index contributed by atoms with van der Waals surface area (Å²) in [5.74, 6) is 1.12. The van der Waals surface area contributed by atoms with Gasteiger partial charge in [0, 0.05) is 16.5 Å². The fraction of sp³-hybridized carbons (Fsp3) is 0.318. The smallest absolute Gasteiger partial charge is 0.241 e. The van der Waals surface area contributed by atoms with Crippen molar-refractivity contribution >= 4 is 34.8 Å². The van der Waals surface area contributed by atoms with E-state index in [1.54, 1.807) is 18.2 Å². The van der Waals surface area contributed by atoms with Gasteiger partial charge >= 0.3 is 0 Å². The number of anilines is 1. The third-order valence-electron chi connectivity index (χ3n) is 5.36. The Morgan fingerprint density at radius 3 is 2.70 bits per heavy atom. The van der Waals surface area contributed by atoms with Crippen molar-refractivity contribution in [2.75, 3.05) is 18.4 Å². The van der Waals surface area contributed by atoms with Gasteiger partial charge in [-0.05, 0) is 56.6 Å². The minimum atomic E-state index is -0.0572. The van der Waals surface area contributed by atoms with Crippen LogP contribution < -0.4 is 5.32 Å². The first-order valence-electron chi connectivity index (χ1n) is 9.86. The van der Waals surface area contributed by atoms with Gasteiger partial charge in [-0.1, -0.05) is 52.6 Å². The van der Waals surface area contributed by atoms with Gasteiger partial charge in [0.15, 0.2) is 0 Å². The number of aromatic nitrogens is 2. The summed E-state index contributed by atoms with van der Waals surface area (Å²) < 4.78 is 5.45. The highest BCUT2D eigenvalue weighted by atomic mass is 35.5. The maximum atomic E-state index is 12.6. The molecule has 1 aromatic heterocycles. The van der Waals surface area contributed by atoms with E-state index in [1.807, 2.05) is 31.2 Å². The molecule has 0 aliphatic carbocycles. The SMILES string of the molecule is Cc1ccccc1-c1noc(CN2CCC(C(=O)Nc3ccc(Cl)cc3Cl)CC2)n1. The second-order valence-electron chi connectivity index (χ2n) is 7.49. The topological polar surface area (TPSA) is 71.3 Å². The first-order chi connectivity index (χ1) is 14.5. The Kier molecular flexibility index (Phi) is 6.37. The van der Waals surface area contributed by atoms with Gasteiger partial charge in [-0.15, -0.1) is 0 Å². The number of hydrogen-bond donors (Lipinski definition) is 1. The van der Waals surface area contributed by atoms with Crippen LogP contribution in [0.5, 0.6) is 0 Å². The van der Waals surface area contributed by atoms with E-state index in [0.29, 0.717) is 34.0 Å². The summed E-state index contributed by atoms with van der Waals surface area (Å²) in [6.07, 6.45) is 1.52. The van der Waals surface area contributed by atoms with E-state index in [1.165, 1.54) is 0 Å². The van der Waals surface area contributed by atoms with Crippen LogP contribution in [0, 0.1) is 12.8 Å². The molecule has 0 atom stereocenters. The lowest BCUT2D eigenvalue weighted by molar-refractivity contribution is -0.121. The monoisotopic (exact) mass is 444 g/mol. The number of piperidine rings is 1. The summed E-state index contributed by atoms with van der Waals surface area (Å²) in [5, 5.41) is 8.01. The Balaban J connectivity index is 1.31. The Morgan fingerprint density at radius 2 is 1.97 bits per heavy atom. The van der Waals surface area contributed by atoms with E-state index in [4.69, 9.17) is 27.7 Å². The highest BCUT2D eigenvalue weighted by molar-refractivity contribution is 6.36. The van der Waals surface area contributed by atoms with Gasteiger partial charge in [-0.2, -0.15) is 4.98 Å². The Bertz CT molecular complexity index is 1050. The van der Waals surface area contributed by atoms with Crippen molar-refractivity contribution in [3.05, 3.63) is 64.0 Å². The summed E-state index contributed by atoms with van der Waals surface area (Å²) in [6.45, 7) is 4.18. The minimum absolute atomic E-state index is 0.0153. The lowest BCUT2D eigenvalue weighted by Crippen LogP contribution is -2.37. The van der Waals surface area contributed by atoms with E-state index < -0.39 is 0 Å². The summed E-state index contributed by atoms with van der Waals surface area (Å²) in [7, 11) is 0. The van der Waals surface area contributed by atoms with Crippen molar-refractivity contribution in [1.29, 1.82) is 0 Å². The summed E-state index contributed by atoms with van der Waals surface area (Å²) in [6, 6.07) is 13.0. The van der Waals surface area contributed by atoms with Crippen molar-refractivity contribution in [3.8, 4) is 11.4 Å². The molecule has 0 unspecified atom stereocenters. The molecule has 1 N–H and O–H groups in total. The maximum absolute atomic E-state index is 12.6. The predicted octanol–water partition coefficient (Wildman–Crippen LogP) is 5.20. The van der Waals surface area contributed by atoms with E-state index >= 15 is 0 Å². The van der Waals surface area contributed by atoms with Crippen LogP contribution in [0.3, 0.4) is 0 Å². The van der Waals surface area contributed by atoms with E-state index in [9.17, 15) is 4.79 Å². The molecule has 0 radical (unpaired) electrons. The molecule has 0 spiro atoms. The summed E-state index contributed by atoms with van der Waals surface area (Å²) in [5.41, 5.74) is 2.67. The quantitative estimate of drug-likeness (QED) is 0.585. The number of nitrogens with one attached hydrogen (secondary N) is 1. The van der Waals surface area contributed by atoms with Crippen molar-refractivity contribution in [2.24, 2.45) is 5.92 Å². The van der Waals surface area contributed by atoms with Crippen molar-refractivity contribution in [1.82, 2.24) is 15.0 Å². The van der Waals surface area contributed by atoms with Crippen LogP contribution in [0.25, 0.3) is 11.4 Å². The van der Waals surface area contributed by atoms with Crippen LogP contribution >= 0.6 is 23.2 Å². The van der Waals surface area contributed by atoms with Crippen LogP contribution in [0.2, 0.25) is 10.0 Å². The molecule has 1 amide bonds. The normalized spacial score (nSPS) is 15.3. The second-order valence-corrected chi connectivity index (χ2v) is 8.33. The molecule has 0 bridgehead atoms. The largest absolute Gasteiger partial charge is 0.338 e. The molecule has 1 saturated heterocycles. The Labute approximate surface area is 185 Å². The average Bonchev–Trinajstić information content (AvgIpc) is 3.19. The number of nitrogens with zero attached hydrogens (tertiary/aromatic N) is 3. The number of aryl methyl sites for hydroxylation is 1. The highest BCUT2D eigenvalue weighted by Gasteiger charge is 2.26. The van der Waals surface area contributed by atoms with Gasteiger partial charge in [0.2, 0.25) is 17.6 Å². The van der Waals surface area contributed by atoms with Gasteiger partial charge in [-0.25, -0.2) is 0 Å². The highest BCUT2D eigenvalue weighted by Crippen LogP contribution is 2.27. The zero-order valence-corrected chi connectivity index (χ0v) is 18.1. The molecule has 2 aromatic carbocycles. The number of benzene rings is 2. The number of carbonyl (C=O) groups is 1. The maximum Gasteiger partial charge on any atom is 0.241 e. The third kappa shape index (κ3) is 4.83. The van der Waals surface area contributed by atoms with Gasteiger partial charge in [0.05, 0.1) is 17.3 Å². The number of carbonyl (C=O) groups excluding carboxylic acids is 1. The van der Waals surface area contributed by atoms with Crippen molar-refractivity contribution < 1.29 is 9.32 Å². The molecule has 1 aliphatic rings. The fourth-order valence-electron chi connectivity index (χ4n) is 3.62. The number of likely N-dealkylation sites (tertiary alicyclic amines) is 1. The molecule has 1 aliphatic heterocycles. The molecule has 1 fully saturated rings. The second kappa shape index (κ2) is 9.16. The lowest BCUT2D eigenvalue weighted by Gasteiger charge is -2.30. The zero-order valence-electron chi connectivity index (χ0n) is 16.6. The Morgan fingerprint density at radius 1 is 1.20 bits per heavy atom. The zero-order chi connectivity index (χ0) is 21.1. The van der Waals surface area contributed by atoms with Gasteiger partial charge in [0.25, 0.3) is 0 Å². The van der Waals surface area contributed by atoms with Crippen molar-refractivity contribution in [3.63, 3.8) is 0 Å². The molecule has 2 heterocycles. The first kappa shape index (κ1) is 20.8. The average molecular weight is 445 g/mol. The third-order valence-corrected chi connectivity index (χ3v) is 5.91. The molecule has 6 nitrogen and oxygen atoms in total. The number of rotatable bonds is 5.